The summed E-state index contributed by atoms with van der Waals surface area (Å²) in [6.45, 7) is 5.44. The molecule has 2 aromatic rings. The fourth-order valence-corrected chi connectivity index (χ4v) is 4.83. The van der Waals surface area contributed by atoms with E-state index >= 15 is 0 Å². The van der Waals surface area contributed by atoms with E-state index in [1.54, 1.807) is 11.3 Å². The number of rotatable bonds is 1. The van der Waals surface area contributed by atoms with Crippen LogP contribution in [-0.2, 0) is 0 Å². The maximum Gasteiger partial charge on any atom is 0.180 e. The molecule has 5 rings (SSSR count). The van der Waals surface area contributed by atoms with Crippen molar-refractivity contribution in [2.75, 3.05) is 17.2 Å². The number of anilines is 2. The first-order valence-electron chi connectivity index (χ1n) is 7.23. The molecule has 0 amide bonds. The zero-order chi connectivity index (χ0) is 13.9. The number of aryl methyl sites for hydroxylation is 2. The van der Waals surface area contributed by atoms with Crippen LogP contribution in [0, 0.1) is 13.8 Å². The molecule has 20 heavy (non-hydrogen) atoms. The van der Waals surface area contributed by atoms with Crippen LogP contribution in [0.1, 0.15) is 46.5 Å². The lowest BCUT2D eigenvalue weighted by Gasteiger charge is -2.45. The Kier molecular flexibility index (Phi) is 2.58. The summed E-state index contributed by atoms with van der Waals surface area (Å²) in [6.07, 6.45) is 2.48. The molecule has 3 aliphatic rings. The molecule has 2 N–H and O–H groups in total. The Bertz CT molecular complexity index is 656. The molecule has 3 heterocycles. The summed E-state index contributed by atoms with van der Waals surface area (Å²) in [5.74, 6) is 0.560. The molecule has 1 aromatic carbocycles. The van der Waals surface area contributed by atoms with Crippen LogP contribution in [0.3, 0.4) is 0 Å². The summed E-state index contributed by atoms with van der Waals surface area (Å²) in [5, 5.41) is 0.731. The highest BCUT2D eigenvalue weighted by atomic mass is 32.1. The predicted molar refractivity (Wildman–Crippen MR) is 84.5 cm³/mol. The third-order valence-corrected chi connectivity index (χ3v) is 5.51. The monoisotopic (exact) mass is 285 g/mol. The van der Waals surface area contributed by atoms with Gasteiger partial charge in [0.05, 0.1) is 16.6 Å². The number of nitrogen functional groups attached to an aromatic ring is 1. The van der Waals surface area contributed by atoms with E-state index in [2.05, 4.69) is 41.9 Å². The summed E-state index contributed by atoms with van der Waals surface area (Å²) in [4.78, 5) is 8.54. The van der Waals surface area contributed by atoms with Crippen molar-refractivity contribution in [1.29, 1.82) is 0 Å². The Morgan fingerprint density at radius 2 is 1.95 bits per heavy atom. The highest BCUT2D eigenvalue weighted by Crippen LogP contribution is 2.50. The minimum atomic E-state index is 0.478. The fraction of sp³-hybridized carbons (Fsp3) is 0.438. The standard InChI is InChI=1S/C16H19N3S/c1-9-5-10(2)7-12(6-9)19-8-11-3-4-13(19)15-14(11)18-16(17)20-15/h5-7,11,13H,3-4,8H2,1-2H3,(H2,17,18). The van der Waals surface area contributed by atoms with Crippen molar-refractivity contribution < 1.29 is 0 Å². The number of fused-ring (bicyclic) bond motifs is 2. The largest absolute Gasteiger partial charge is 0.375 e. The molecule has 2 bridgehead atoms. The van der Waals surface area contributed by atoms with Gasteiger partial charge in [0.15, 0.2) is 5.13 Å². The zero-order valence-corrected chi connectivity index (χ0v) is 12.7. The second-order valence-electron chi connectivity index (χ2n) is 6.09. The van der Waals surface area contributed by atoms with E-state index in [1.165, 1.54) is 40.2 Å². The van der Waals surface area contributed by atoms with Gasteiger partial charge in [0.2, 0.25) is 0 Å². The van der Waals surface area contributed by atoms with Crippen LogP contribution in [0.4, 0.5) is 10.8 Å². The lowest BCUT2D eigenvalue weighted by molar-refractivity contribution is 0.389. The van der Waals surface area contributed by atoms with Gasteiger partial charge in [0, 0.05) is 18.2 Å². The first-order valence-corrected chi connectivity index (χ1v) is 8.04. The quantitative estimate of drug-likeness (QED) is 0.867. The third-order valence-electron chi connectivity index (χ3n) is 4.51. The van der Waals surface area contributed by atoms with E-state index in [0.29, 0.717) is 12.0 Å². The van der Waals surface area contributed by atoms with Crippen molar-refractivity contribution in [2.24, 2.45) is 0 Å². The van der Waals surface area contributed by atoms with Gasteiger partial charge in [-0.1, -0.05) is 17.4 Å². The molecule has 0 saturated carbocycles. The van der Waals surface area contributed by atoms with Crippen molar-refractivity contribution in [3.63, 3.8) is 0 Å². The third kappa shape index (κ3) is 1.74. The molecule has 1 fully saturated rings. The maximum absolute atomic E-state index is 5.93. The van der Waals surface area contributed by atoms with E-state index in [9.17, 15) is 0 Å². The van der Waals surface area contributed by atoms with E-state index in [0.717, 1.165) is 11.7 Å². The van der Waals surface area contributed by atoms with Crippen LogP contribution in [-0.4, -0.2) is 11.5 Å². The number of thiazole rings is 1. The lowest BCUT2D eigenvalue weighted by atomic mass is 9.81. The number of piperidine rings is 1. The molecule has 0 radical (unpaired) electrons. The Balaban J connectivity index is 1.79. The smallest absolute Gasteiger partial charge is 0.180 e. The van der Waals surface area contributed by atoms with Crippen molar-refractivity contribution in [2.45, 2.75) is 38.6 Å². The van der Waals surface area contributed by atoms with Crippen molar-refractivity contribution >= 4 is 22.2 Å². The number of hydrogen-bond acceptors (Lipinski definition) is 4. The number of nitrogens with zero attached hydrogens (tertiary/aromatic N) is 2. The van der Waals surface area contributed by atoms with E-state index in [1.807, 2.05) is 0 Å². The van der Waals surface area contributed by atoms with Crippen LogP contribution in [0.15, 0.2) is 18.2 Å². The summed E-state index contributed by atoms with van der Waals surface area (Å²) in [6, 6.07) is 7.32. The molecule has 3 nitrogen and oxygen atoms in total. The summed E-state index contributed by atoms with van der Waals surface area (Å²) in [7, 11) is 0. The van der Waals surface area contributed by atoms with Gasteiger partial charge in [-0.05, 0) is 49.9 Å². The fourth-order valence-electron chi connectivity index (χ4n) is 3.76. The van der Waals surface area contributed by atoms with Crippen LogP contribution in [0.25, 0.3) is 0 Å². The Labute approximate surface area is 123 Å². The number of benzene rings is 1. The van der Waals surface area contributed by atoms with Crippen molar-refractivity contribution in [3.05, 3.63) is 39.9 Å². The average Bonchev–Trinajstić information content (AvgIpc) is 2.81. The Hall–Kier alpha value is -1.55. The van der Waals surface area contributed by atoms with E-state index < -0.39 is 0 Å². The topological polar surface area (TPSA) is 42.1 Å². The predicted octanol–water partition coefficient (Wildman–Crippen LogP) is 3.78. The van der Waals surface area contributed by atoms with Gasteiger partial charge in [-0.15, -0.1) is 0 Å². The molecule has 2 unspecified atom stereocenters. The molecule has 4 heteroatoms. The number of hydrogen-bond donors (Lipinski definition) is 1. The number of aromatic nitrogens is 1. The molecule has 1 aromatic heterocycles. The second-order valence-corrected chi connectivity index (χ2v) is 7.15. The highest BCUT2D eigenvalue weighted by Gasteiger charge is 2.41. The van der Waals surface area contributed by atoms with Crippen LogP contribution in [0.2, 0.25) is 0 Å². The normalized spacial score (nSPS) is 24.0. The SMILES string of the molecule is Cc1cc(C)cc(N2CC3CCC2c2sc(N)nc23)c1. The van der Waals surface area contributed by atoms with Gasteiger partial charge in [0.25, 0.3) is 0 Å². The second kappa shape index (κ2) is 4.22. The van der Waals surface area contributed by atoms with Crippen molar-refractivity contribution in [3.8, 4) is 0 Å². The summed E-state index contributed by atoms with van der Waals surface area (Å²) in [5.41, 5.74) is 11.2. The minimum absolute atomic E-state index is 0.478. The van der Waals surface area contributed by atoms with Gasteiger partial charge in [0.1, 0.15) is 0 Å². The maximum atomic E-state index is 5.93. The first-order chi connectivity index (χ1) is 9.61. The van der Waals surface area contributed by atoms with Crippen LogP contribution < -0.4 is 10.6 Å². The van der Waals surface area contributed by atoms with Gasteiger partial charge in [-0.25, -0.2) is 4.98 Å². The molecule has 0 spiro atoms. The van der Waals surface area contributed by atoms with Gasteiger partial charge < -0.3 is 10.6 Å². The van der Waals surface area contributed by atoms with Crippen LogP contribution in [0.5, 0.6) is 0 Å². The molecule has 1 aliphatic carbocycles. The number of nitrogens with two attached hydrogens (primary N) is 1. The Morgan fingerprint density at radius 1 is 1.20 bits per heavy atom. The van der Waals surface area contributed by atoms with Gasteiger partial charge in [-0.2, -0.15) is 0 Å². The lowest BCUT2D eigenvalue weighted by Crippen LogP contribution is -2.42. The Morgan fingerprint density at radius 3 is 2.70 bits per heavy atom. The first kappa shape index (κ1) is 12.2. The molecular formula is C16H19N3S. The molecule has 2 atom stereocenters. The van der Waals surface area contributed by atoms with Crippen molar-refractivity contribution in [1.82, 2.24) is 4.98 Å². The van der Waals surface area contributed by atoms with Gasteiger partial charge in [-0.3, -0.25) is 0 Å². The van der Waals surface area contributed by atoms with Crippen LogP contribution >= 0.6 is 11.3 Å². The average molecular weight is 285 g/mol. The zero-order valence-electron chi connectivity index (χ0n) is 11.9. The summed E-state index contributed by atoms with van der Waals surface area (Å²) >= 11 is 1.69. The molecule has 104 valence electrons. The summed E-state index contributed by atoms with van der Waals surface area (Å²) < 4.78 is 0. The van der Waals surface area contributed by atoms with E-state index in [-0.39, 0.29) is 0 Å². The highest BCUT2D eigenvalue weighted by molar-refractivity contribution is 7.15. The van der Waals surface area contributed by atoms with Gasteiger partial charge >= 0.3 is 0 Å². The molecule has 2 aliphatic heterocycles. The minimum Gasteiger partial charge on any atom is -0.375 e. The molecule has 1 saturated heterocycles. The molecular weight excluding hydrogens is 266 g/mol. The van der Waals surface area contributed by atoms with E-state index in [4.69, 9.17) is 5.73 Å².